The highest BCUT2D eigenvalue weighted by molar-refractivity contribution is 7.12. The molecule has 3 heterocycles. The number of amides is 2. The van der Waals surface area contributed by atoms with Gasteiger partial charge in [0.2, 0.25) is 5.91 Å². The van der Waals surface area contributed by atoms with Crippen LogP contribution in [-0.4, -0.2) is 53.3 Å². The Hall–Kier alpha value is -1.11. The molecule has 0 radical (unpaired) electrons. The fraction of sp³-hybridized carbons (Fsp3) is 0.625. The number of thiophene rings is 1. The van der Waals surface area contributed by atoms with Crippen molar-refractivity contribution in [2.75, 3.05) is 19.6 Å². The van der Waals surface area contributed by atoms with E-state index in [1.165, 1.54) is 11.3 Å². The lowest BCUT2D eigenvalue weighted by Gasteiger charge is -2.39. The maximum atomic E-state index is 12.8. The molecular weight excluding hydrogens is 334 g/mol. The predicted molar refractivity (Wildman–Crippen MR) is 94.0 cm³/mol. The Morgan fingerprint density at radius 3 is 2.52 bits per heavy atom. The summed E-state index contributed by atoms with van der Waals surface area (Å²) in [5.74, 6) is 0.110. The van der Waals surface area contributed by atoms with Crippen molar-refractivity contribution in [1.29, 1.82) is 0 Å². The van der Waals surface area contributed by atoms with E-state index in [2.05, 4.69) is 0 Å². The minimum absolute atomic E-state index is 0. The highest BCUT2D eigenvalue weighted by Crippen LogP contribution is 2.24. The van der Waals surface area contributed by atoms with Crippen molar-refractivity contribution in [2.45, 2.75) is 44.2 Å². The first-order chi connectivity index (χ1) is 10.7. The average molecular weight is 358 g/mol. The topological polar surface area (TPSA) is 66.6 Å². The molecule has 0 aliphatic carbocycles. The quantitative estimate of drug-likeness (QED) is 0.881. The number of hydrogen-bond donors (Lipinski definition) is 1. The fourth-order valence-electron chi connectivity index (χ4n) is 3.30. The summed E-state index contributed by atoms with van der Waals surface area (Å²) in [7, 11) is 0. The zero-order valence-electron chi connectivity index (χ0n) is 13.1. The number of nitrogens with zero attached hydrogens (tertiary/aromatic N) is 2. The number of piperidine rings is 2. The molecule has 2 fully saturated rings. The van der Waals surface area contributed by atoms with Crippen molar-refractivity contribution in [2.24, 2.45) is 5.73 Å². The Labute approximate surface area is 147 Å². The zero-order chi connectivity index (χ0) is 15.5. The van der Waals surface area contributed by atoms with Gasteiger partial charge < -0.3 is 15.5 Å². The molecule has 3 rings (SSSR count). The number of carbonyl (C=O) groups excluding carboxylic acids is 2. The number of hydrogen-bond acceptors (Lipinski definition) is 4. The van der Waals surface area contributed by atoms with Gasteiger partial charge in [-0.05, 0) is 43.6 Å². The average Bonchev–Trinajstić information content (AvgIpc) is 3.09. The lowest BCUT2D eigenvalue weighted by molar-refractivity contribution is -0.138. The van der Waals surface area contributed by atoms with Crippen LogP contribution in [0.15, 0.2) is 17.5 Å². The van der Waals surface area contributed by atoms with E-state index in [0.29, 0.717) is 6.54 Å². The van der Waals surface area contributed by atoms with E-state index in [9.17, 15) is 9.59 Å². The summed E-state index contributed by atoms with van der Waals surface area (Å²) in [6.07, 6.45) is 4.48. The van der Waals surface area contributed by atoms with Crippen molar-refractivity contribution in [3.8, 4) is 0 Å². The second-order valence-corrected chi connectivity index (χ2v) is 7.10. The van der Waals surface area contributed by atoms with Gasteiger partial charge in [-0.2, -0.15) is 0 Å². The molecule has 2 saturated heterocycles. The van der Waals surface area contributed by atoms with E-state index in [-0.39, 0.29) is 36.3 Å². The smallest absolute Gasteiger partial charge is 0.264 e. The molecule has 1 aromatic rings. The van der Waals surface area contributed by atoms with Gasteiger partial charge in [-0.25, -0.2) is 0 Å². The van der Waals surface area contributed by atoms with Crippen LogP contribution in [0.3, 0.4) is 0 Å². The predicted octanol–water partition coefficient (Wildman–Crippen LogP) is 2.11. The molecule has 2 aliphatic heterocycles. The third-order valence-corrected chi connectivity index (χ3v) is 5.49. The van der Waals surface area contributed by atoms with Crippen molar-refractivity contribution in [1.82, 2.24) is 9.80 Å². The molecule has 0 aromatic carbocycles. The number of nitrogens with two attached hydrogens (primary N) is 1. The highest BCUT2D eigenvalue weighted by atomic mass is 35.5. The molecule has 7 heteroatoms. The van der Waals surface area contributed by atoms with Crippen LogP contribution in [0.1, 0.15) is 41.8 Å². The van der Waals surface area contributed by atoms with E-state index < -0.39 is 0 Å². The van der Waals surface area contributed by atoms with Gasteiger partial charge in [0.25, 0.3) is 5.91 Å². The first kappa shape index (κ1) is 18.2. The summed E-state index contributed by atoms with van der Waals surface area (Å²) in [4.78, 5) is 29.9. The van der Waals surface area contributed by atoms with Crippen LogP contribution in [-0.2, 0) is 4.79 Å². The standard InChI is InChI=1S/C16H23N3O2S.ClH/c17-12-6-9-18(10-7-12)15(20)13-4-1-2-8-19(13)16(21)14-5-3-11-22-14;/h3,5,11-13H,1-2,4,6-10,17H2;1H. The molecule has 2 amide bonds. The monoisotopic (exact) mass is 357 g/mol. The van der Waals surface area contributed by atoms with Gasteiger partial charge in [0.1, 0.15) is 6.04 Å². The van der Waals surface area contributed by atoms with Crippen LogP contribution in [0.25, 0.3) is 0 Å². The summed E-state index contributed by atoms with van der Waals surface area (Å²) in [5, 5.41) is 1.90. The molecule has 0 bridgehead atoms. The van der Waals surface area contributed by atoms with E-state index in [1.807, 2.05) is 22.4 Å². The van der Waals surface area contributed by atoms with E-state index in [4.69, 9.17) is 5.73 Å². The Kier molecular flexibility index (Phi) is 6.44. The number of halogens is 1. The van der Waals surface area contributed by atoms with Gasteiger partial charge in [-0.3, -0.25) is 9.59 Å². The normalized spacial score (nSPS) is 22.6. The first-order valence-electron chi connectivity index (χ1n) is 8.05. The fourth-order valence-corrected chi connectivity index (χ4v) is 3.98. The van der Waals surface area contributed by atoms with E-state index in [1.54, 1.807) is 4.90 Å². The maximum absolute atomic E-state index is 12.8. The lowest BCUT2D eigenvalue weighted by Crippen LogP contribution is -2.55. The van der Waals surface area contributed by atoms with Gasteiger partial charge in [0.05, 0.1) is 4.88 Å². The van der Waals surface area contributed by atoms with E-state index >= 15 is 0 Å². The molecule has 2 N–H and O–H groups in total. The molecule has 2 aliphatic rings. The molecule has 5 nitrogen and oxygen atoms in total. The Morgan fingerprint density at radius 1 is 1.13 bits per heavy atom. The van der Waals surface area contributed by atoms with Crippen molar-refractivity contribution in [3.05, 3.63) is 22.4 Å². The Morgan fingerprint density at radius 2 is 1.87 bits per heavy atom. The molecule has 1 aromatic heterocycles. The van der Waals surface area contributed by atoms with Gasteiger partial charge in [-0.1, -0.05) is 6.07 Å². The molecule has 1 atom stereocenters. The molecule has 128 valence electrons. The summed E-state index contributed by atoms with van der Waals surface area (Å²) < 4.78 is 0. The second-order valence-electron chi connectivity index (χ2n) is 6.15. The molecule has 0 spiro atoms. The largest absolute Gasteiger partial charge is 0.341 e. The van der Waals surface area contributed by atoms with Crippen LogP contribution in [0.4, 0.5) is 0 Å². The molecule has 1 unspecified atom stereocenters. The summed E-state index contributed by atoms with van der Waals surface area (Å²) in [6.45, 7) is 2.12. The minimum Gasteiger partial charge on any atom is -0.341 e. The zero-order valence-corrected chi connectivity index (χ0v) is 14.8. The minimum atomic E-state index is -0.294. The number of carbonyl (C=O) groups is 2. The van der Waals surface area contributed by atoms with Crippen LogP contribution in [0.5, 0.6) is 0 Å². The summed E-state index contributed by atoms with van der Waals surface area (Å²) in [6, 6.07) is 3.63. The van der Waals surface area contributed by atoms with E-state index in [0.717, 1.165) is 50.1 Å². The maximum Gasteiger partial charge on any atom is 0.264 e. The molecule has 23 heavy (non-hydrogen) atoms. The van der Waals surface area contributed by atoms with Crippen LogP contribution in [0.2, 0.25) is 0 Å². The van der Waals surface area contributed by atoms with Gasteiger partial charge in [-0.15, -0.1) is 23.7 Å². The molecular formula is C16H24ClN3O2S. The number of rotatable bonds is 2. The lowest BCUT2D eigenvalue weighted by atomic mass is 9.98. The third-order valence-electron chi connectivity index (χ3n) is 4.63. The van der Waals surface area contributed by atoms with Crippen molar-refractivity contribution in [3.63, 3.8) is 0 Å². The first-order valence-corrected chi connectivity index (χ1v) is 8.93. The van der Waals surface area contributed by atoms with Gasteiger partial charge in [0, 0.05) is 25.7 Å². The highest BCUT2D eigenvalue weighted by Gasteiger charge is 2.36. The summed E-state index contributed by atoms with van der Waals surface area (Å²) >= 11 is 1.44. The summed E-state index contributed by atoms with van der Waals surface area (Å²) in [5.41, 5.74) is 5.91. The van der Waals surface area contributed by atoms with Crippen LogP contribution >= 0.6 is 23.7 Å². The SMILES string of the molecule is Cl.NC1CCN(C(=O)C2CCCCN2C(=O)c2cccs2)CC1. The van der Waals surface area contributed by atoms with Crippen LogP contribution in [0, 0.1) is 0 Å². The van der Waals surface area contributed by atoms with Gasteiger partial charge >= 0.3 is 0 Å². The van der Waals surface area contributed by atoms with Crippen LogP contribution < -0.4 is 5.73 Å². The van der Waals surface area contributed by atoms with Gasteiger partial charge in [0.15, 0.2) is 0 Å². The Balaban J connectivity index is 0.00000192. The Bertz CT molecular complexity index is 529. The third kappa shape index (κ3) is 4.05. The number of likely N-dealkylation sites (tertiary alicyclic amines) is 2. The second kappa shape index (κ2) is 8.13. The molecule has 0 saturated carbocycles. The van der Waals surface area contributed by atoms with Crippen molar-refractivity contribution < 1.29 is 9.59 Å². The van der Waals surface area contributed by atoms with Crippen molar-refractivity contribution >= 4 is 35.6 Å².